The van der Waals surface area contributed by atoms with Crippen LogP contribution in [0.4, 0.5) is 4.39 Å². The fourth-order valence-electron chi connectivity index (χ4n) is 3.91. The second-order valence-electron chi connectivity index (χ2n) is 6.53. The molecule has 1 aromatic carbocycles. The summed E-state index contributed by atoms with van der Waals surface area (Å²) in [6, 6.07) is 4.16. The van der Waals surface area contributed by atoms with Crippen molar-refractivity contribution in [2.24, 2.45) is 0 Å². The Morgan fingerprint density at radius 3 is 2.91 bits per heavy atom. The first kappa shape index (κ1) is 13.9. The summed E-state index contributed by atoms with van der Waals surface area (Å²) in [6.07, 6.45) is 8.28. The topological polar surface area (TPSA) is 44.1 Å². The summed E-state index contributed by atoms with van der Waals surface area (Å²) >= 11 is 0. The molecule has 2 aromatic rings. The van der Waals surface area contributed by atoms with Gasteiger partial charge in [-0.15, -0.1) is 0 Å². The van der Waals surface area contributed by atoms with Crippen molar-refractivity contribution in [1.29, 1.82) is 0 Å². The van der Waals surface area contributed by atoms with E-state index < -0.39 is 0 Å². The van der Waals surface area contributed by atoms with Crippen molar-refractivity contribution in [2.75, 3.05) is 6.61 Å². The van der Waals surface area contributed by atoms with E-state index >= 15 is 0 Å². The lowest BCUT2D eigenvalue weighted by atomic mass is 9.82. The number of hydrogen-bond acceptors (Lipinski definition) is 3. The highest BCUT2D eigenvalue weighted by Crippen LogP contribution is 2.42. The molecule has 116 valence electrons. The van der Waals surface area contributed by atoms with Gasteiger partial charge in [-0.25, -0.2) is 9.37 Å². The normalized spacial score (nSPS) is 24.1. The number of hydrogen-bond donors (Lipinski definition) is 0. The summed E-state index contributed by atoms with van der Waals surface area (Å²) in [7, 11) is 0. The number of benzene rings is 1. The number of rotatable bonds is 1. The van der Waals surface area contributed by atoms with Crippen LogP contribution in [0.5, 0.6) is 0 Å². The molecule has 1 aliphatic carbocycles. The monoisotopic (exact) mass is 302 g/mol. The fourth-order valence-corrected chi connectivity index (χ4v) is 3.91. The third-order valence-electron chi connectivity index (χ3n) is 5.09. The van der Waals surface area contributed by atoms with Gasteiger partial charge in [-0.2, -0.15) is 0 Å². The van der Waals surface area contributed by atoms with E-state index in [9.17, 15) is 9.18 Å². The molecule has 4 nitrogen and oxygen atoms in total. The summed E-state index contributed by atoms with van der Waals surface area (Å²) < 4.78 is 21.0. The van der Waals surface area contributed by atoms with Crippen molar-refractivity contribution in [2.45, 2.75) is 50.2 Å². The van der Waals surface area contributed by atoms with E-state index in [1.54, 1.807) is 10.9 Å². The van der Waals surface area contributed by atoms with Crippen LogP contribution in [0.15, 0.2) is 29.3 Å². The molecule has 5 heteroatoms. The molecule has 1 saturated heterocycles. The highest BCUT2D eigenvalue weighted by atomic mass is 19.1. The third kappa shape index (κ3) is 2.24. The Labute approximate surface area is 127 Å². The molecule has 2 aliphatic rings. The number of ether oxygens (including phenoxy) is 1. The maximum atomic E-state index is 13.2. The zero-order chi connectivity index (χ0) is 15.2. The lowest BCUT2D eigenvalue weighted by molar-refractivity contribution is -0.0248. The highest BCUT2D eigenvalue weighted by molar-refractivity contribution is 5.77. The second kappa shape index (κ2) is 5.16. The van der Waals surface area contributed by atoms with Crippen LogP contribution >= 0.6 is 0 Å². The highest BCUT2D eigenvalue weighted by Gasteiger charge is 2.42. The zero-order valence-corrected chi connectivity index (χ0v) is 12.4. The molecular weight excluding hydrogens is 283 g/mol. The summed E-state index contributed by atoms with van der Waals surface area (Å²) in [6.45, 7) is 0.564. The molecule has 1 aromatic heterocycles. The van der Waals surface area contributed by atoms with Crippen molar-refractivity contribution in [1.82, 2.24) is 9.55 Å². The van der Waals surface area contributed by atoms with E-state index in [1.807, 2.05) is 0 Å². The Morgan fingerprint density at radius 2 is 2.09 bits per heavy atom. The Morgan fingerprint density at radius 1 is 1.27 bits per heavy atom. The minimum Gasteiger partial charge on any atom is -0.373 e. The summed E-state index contributed by atoms with van der Waals surface area (Å²) in [4.78, 5) is 16.9. The van der Waals surface area contributed by atoms with Gasteiger partial charge >= 0.3 is 0 Å². The van der Waals surface area contributed by atoms with E-state index in [0.29, 0.717) is 17.5 Å². The van der Waals surface area contributed by atoms with Gasteiger partial charge in [-0.1, -0.05) is 19.3 Å². The summed E-state index contributed by atoms with van der Waals surface area (Å²) in [5.74, 6) is -0.373. The largest absolute Gasteiger partial charge is 0.373 e. The lowest BCUT2D eigenvalue weighted by Crippen LogP contribution is -2.31. The first-order chi connectivity index (χ1) is 10.7. The summed E-state index contributed by atoms with van der Waals surface area (Å²) in [5, 5.41) is 0.466. The smallest absolute Gasteiger partial charge is 0.261 e. The zero-order valence-electron chi connectivity index (χ0n) is 12.4. The quantitative estimate of drug-likeness (QED) is 0.812. The molecule has 1 saturated carbocycles. The number of halogens is 1. The van der Waals surface area contributed by atoms with Crippen molar-refractivity contribution in [3.8, 4) is 0 Å². The molecule has 2 heterocycles. The minimum atomic E-state index is -0.373. The van der Waals surface area contributed by atoms with Gasteiger partial charge in [-0.05, 0) is 31.4 Å². The van der Waals surface area contributed by atoms with Crippen LogP contribution in [-0.2, 0) is 4.74 Å². The van der Waals surface area contributed by atoms with Gasteiger partial charge in [-0.3, -0.25) is 9.36 Å². The number of aromatic nitrogens is 2. The first-order valence-electron chi connectivity index (χ1n) is 7.97. The maximum Gasteiger partial charge on any atom is 0.261 e. The van der Waals surface area contributed by atoms with E-state index in [-0.39, 0.29) is 23.0 Å². The number of nitrogens with zero attached hydrogens (tertiary/aromatic N) is 2. The summed E-state index contributed by atoms with van der Waals surface area (Å²) in [5.41, 5.74) is 0.263. The van der Waals surface area contributed by atoms with Crippen LogP contribution in [0, 0.1) is 5.82 Å². The van der Waals surface area contributed by atoms with Crippen LogP contribution < -0.4 is 5.56 Å². The average Bonchev–Trinajstić information content (AvgIpc) is 2.91. The second-order valence-corrected chi connectivity index (χ2v) is 6.53. The molecule has 22 heavy (non-hydrogen) atoms. The van der Waals surface area contributed by atoms with E-state index in [4.69, 9.17) is 4.74 Å². The Hall–Kier alpha value is -1.75. The van der Waals surface area contributed by atoms with Crippen molar-refractivity contribution < 1.29 is 9.13 Å². The molecule has 1 unspecified atom stereocenters. The maximum absolute atomic E-state index is 13.2. The molecule has 0 N–H and O–H groups in total. The van der Waals surface area contributed by atoms with E-state index in [1.165, 1.54) is 37.5 Å². The predicted octanol–water partition coefficient (Wildman–Crippen LogP) is 3.20. The van der Waals surface area contributed by atoms with Gasteiger partial charge in [0.15, 0.2) is 0 Å². The molecule has 0 bridgehead atoms. The SMILES string of the molecule is O=c1c2ccc(F)cc2ncn1C1COC2(CCCCC2)C1. The molecule has 0 radical (unpaired) electrons. The molecule has 1 aliphatic heterocycles. The average molecular weight is 302 g/mol. The Kier molecular flexibility index (Phi) is 3.26. The van der Waals surface area contributed by atoms with Crippen LogP contribution in [0.3, 0.4) is 0 Å². The fraction of sp³-hybridized carbons (Fsp3) is 0.529. The van der Waals surface area contributed by atoms with Gasteiger partial charge in [0.2, 0.25) is 0 Å². The predicted molar refractivity (Wildman–Crippen MR) is 81.4 cm³/mol. The van der Waals surface area contributed by atoms with Crippen LogP contribution in [0.2, 0.25) is 0 Å². The molecular formula is C17H19FN2O2. The Balaban J connectivity index is 1.69. The standard InChI is InChI=1S/C17H19FN2O2/c18-12-4-5-14-15(8-12)19-11-20(16(14)21)13-9-17(22-10-13)6-2-1-3-7-17/h4-5,8,11,13H,1-3,6-7,9-10H2. The van der Waals surface area contributed by atoms with Gasteiger partial charge < -0.3 is 4.74 Å². The van der Waals surface area contributed by atoms with Gasteiger partial charge in [0.1, 0.15) is 5.82 Å². The third-order valence-corrected chi connectivity index (χ3v) is 5.09. The van der Waals surface area contributed by atoms with Crippen molar-refractivity contribution in [3.05, 3.63) is 40.7 Å². The van der Waals surface area contributed by atoms with Crippen LogP contribution in [0.1, 0.15) is 44.6 Å². The Bertz CT molecular complexity index is 765. The van der Waals surface area contributed by atoms with Gasteiger partial charge in [0.25, 0.3) is 5.56 Å². The van der Waals surface area contributed by atoms with Crippen molar-refractivity contribution >= 4 is 10.9 Å². The minimum absolute atomic E-state index is 0.0348. The molecule has 0 amide bonds. The van der Waals surface area contributed by atoms with E-state index in [0.717, 1.165) is 19.3 Å². The molecule has 1 spiro atoms. The van der Waals surface area contributed by atoms with Crippen molar-refractivity contribution in [3.63, 3.8) is 0 Å². The van der Waals surface area contributed by atoms with Crippen LogP contribution in [-0.4, -0.2) is 21.8 Å². The van der Waals surface area contributed by atoms with Gasteiger partial charge in [0, 0.05) is 6.07 Å². The lowest BCUT2D eigenvalue weighted by Gasteiger charge is -2.32. The molecule has 4 rings (SSSR count). The van der Waals surface area contributed by atoms with E-state index in [2.05, 4.69) is 4.98 Å². The van der Waals surface area contributed by atoms with Crippen LogP contribution in [0.25, 0.3) is 10.9 Å². The molecule has 1 atom stereocenters. The number of fused-ring (bicyclic) bond motifs is 1. The van der Waals surface area contributed by atoms with Gasteiger partial charge in [0.05, 0.1) is 35.5 Å². The first-order valence-corrected chi connectivity index (χ1v) is 7.97. The molecule has 2 fully saturated rings.